The SMILES string of the molecule is Cc1cccc2nc(-c3ccccc3)c(NC(=O)c3ccc(I)cc3)n12. The Morgan fingerprint density at radius 2 is 1.69 bits per heavy atom. The molecule has 5 heteroatoms. The van der Waals surface area contributed by atoms with E-state index in [1.807, 2.05) is 84.1 Å². The van der Waals surface area contributed by atoms with Gasteiger partial charge in [0.25, 0.3) is 5.91 Å². The van der Waals surface area contributed by atoms with E-state index in [-0.39, 0.29) is 5.91 Å². The number of halogens is 1. The molecule has 4 nitrogen and oxygen atoms in total. The monoisotopic (exact) mass is 453 g/mol. The van der Waals surface area contributed by atoms with Crippen molar-refractivity contribution in [1.29, 1.82) is 0 Å². The van der Waals surface area contributed by atoms with Crippen molar-refractivity contribution in [2.45, 2.75) is 6.92 Å². The van der Waals surface area contributed by atoms with Crippen LogP contribution < -0.4 is 5.32 Å². The van der Waals surface area contributed by atoms with E-state index in [0.717, 1.165) is 26.2 Å². The number of imidazole rings is 1. The topological polar surface area (TPSA) is 46.4 Å². The number of anilines is 1. The fourth-order valence-electron chi connectivity index (χ4n) is 2.95. The number of rotatable bonds is 3. The summed E-state index contributed by atoms with van der Waals surface area (Å²) < 4.78 is 3.07. The summed E-state index contributed by atoms with van der Waals surface area (Å²) in [5, 5.41) is 3.07. The Bertz CT molecular complexity index is 1090. The number of fused-ring (bicyclic) bond motifs is 1. The Balaban J connectivity index is 1.84. The van der Waals surface area contributed by atoms with E-state index in [0.29, 0.717) is 11.4 Å². The van der Waals surface area contributed by atoms with Crippen molar-refractivity contribution in [2.75, 3.05) is 5.32 Å². The number of amides is 1. The van der Waals surface area contributed by atoms with Gasteiger partial charge in [-0.05, 0) is 65.9 Å². The molecular formula is C21H16IN3O. The molecular weight excluding hydrogens is 437 g/mol. The molecule has 0 unspecified atom stereocenters. The van der Waals surface area contributed by atoms with Crippen molar-refractivity contribution in [1.82, 2.24) is 9.38 Å². The van der Waals surface area contributed by atoms with E-state index < -0.39 is 0 Å². The molecule has 0 atom stereocenters. The third kappa shape index (κ3) is 3.10. The summed E-state index contributed by atoms with van der Waals surface area (Å²) >= 11 is 2.23. The van der Waals surface area contributed by atoms with Crippen molar-refractivity contribution in [3.63, 3.8) is 0 Å². The number of benzene rings is 2. The molecule has 0 aliphatic rings. The summed E-state index contributed by atoms with van der Waals surface area (Å²) in [6, 6.07) is 23.3. The van der Waals surface area contributed by atoms with Gasteiger partial charge in [-0.25, -0.2) is 4.98 Å². The molecule has 26 heavy (non-hydrogen) atoms. The normalized spacial score (nSPS) is 10.8. The molecule has 1 amide bonds. The molecule has 128 valence electrons. The molecule has 0 saturated heterocycles. The quantitative estimate of drug-likeness (QED) is 0.436. The summed E-state index contributed by atoms with van der Waals surface area (Å²) in [5.74, 6) is 0.538. The van der Waals surface area contributed by atoms with E-state index in [4.69, 9.17) is 4.98 Å². The molecule has 0 saturated carbocycles. The van der Waals surface area contributed by atoms with Gasteiger partial charge < -0.3 is 5.32 Å². The minimum atomic E-state index is -0.149. The smallest absolute Gasteiger partial charge is 0.256 e. The van der Waals surface area contributed by atoms with Crippen LogP contribution in [0.2, 0.25) is 0 Å². The van der Waals surface area contributed by atoms with E-state index in [9.17, 15) is 4.79 Å². The van der Waals surface area contributed by atoms with Crippen LogP contribution >= 0.6 is 22.6 Å². The average Bonchev–Trinajstić information content (AvgIpc) is 3.03. The van der Waals surface area contributed by atoms with Crippen LogP contribution in [-0.4, -0.2) is 15.3 Å². The molecule has 2 aromatic carbocycles. The minimum Gasteiger partial charge on any atom is -0.306 e. The lowest BCUT2D eigenvalue weighted by molar-refractivity contribution is 0.102. The zero-order valence-electron chi connectivity index (χ0n) is 14.1. The van der Waals surface area contributed by atoms with Crippen LogP contribution in [0, 0.1) is 10.5 Å². The number of hydrogen-bond acceptors (Lipinski definition) is 2. The van der Waals surface area contributed by atoms with Gasteiger partial charge in [-0.2, -0.15) is 0 Å². The predicted molar refractivity (Wildman–Crippen MR) is 112 cm³/mol. The van der Waals surface area contributed by atoms with E-state index in [1.54, 1.807) is 0 Å². The largest absolute Gasteiger partial charge is 0.306 e. The molecule has 0 spiro atoms. The van der Waals surface area contributed by atoms with Gasteiger partial charge in [0, 0.05) is 20.4 Å². The maximum absolute atomic E-state index is 12.8. The van der Waals surface area contributed by atoms with E-state index >= 15 is 0 Å². The highest BCUT2D eigenvalue weighted by molar-refractivity contribution is 14.1. The molecule has 2 heterocycles. The van der Waals surface area contributed by atoms with Gasteiger partial charge in [0.05, 0.1) is 0 Å². The number of aryl methyl sites for hydroxylation is 1. The van der Waals surface area contributed by atoms with Gasteiger partial charge in [0.15, 0.2) is 0 Å². The van der Waals surface area contributed by atoms with Gasteiger partial charge in [0.2, 0.25) is 0 Å². The number of nitrogens with zero attached hydrogens (tertiary/aromatic N) is 2. The third-order valence-corrected chi connectivity index (χ3v) is 4.94. The van der Waals surface area contributed by atoms with Crippen molar-refractivity contribution < 1.29 is 4.79 Å². The van der Waals surface area contributed by atoms with Crippen molar-refractivity contribution in [3.05, 3.63) is 87.6 Å². The van der Waals surface area contributed by atoms with Crippen LogP contribution in [0.4, 0.5) is 5.82 Å². The Kier molecular flexibility index (Phi) is 4.46. The molecule has 0 aliphatic heterocycles. The Morgan fingerprint density at radius 3 is 2.42 bits per heavy atom. The second kappa shape index (κ2) is 6.92. The molecule has 4 aromatic rings. The lowest BCUT2D eigenvalue weighted by Crippen LogP contribution is -2.14. The van der Waals surface area contributed by atoms with Crippen LogP contribution in [0.5, 0.6) is 0 Å². The van der Waals surface area contributed by atoms with Gasteiger partial charge in [-0.1, -0.05) is 36.4 Å². The second-order valence-electron chi connectivity index (χ2n) is 6.00. The highest BCUT2D eigenvalue weighted by atomic mass is 127. The van der Waals surface area contributed by atoms with Crippen LogP contribution in [-0.2, 0) is 0 Å². The zero-order valence-corrected chi connectivity index (χ0v) is 16.3. The molecule has 0 bridgehead atoms. The molecule has 0 fully saturated rings. The third-order valence-electron chi connectivity index (χ3n) is 4.22. The predicted octanol–water partition coefficient (Wildman–Crippen LogP) is 5.17. The lowest BCUT2D eigenvalue weighted by atomic mass is 10.1. The van der Waals surface area contributed by atoms with Crippen molar-refractivity contribution in [3.8, 4) is 11.3 Å². The summed E-state index contributed by atoms with van der Waals surface area (Å²) in [4.78, 5) is 17.6. The van der Waals surface area contributed by atoms with Crippen molar-refractivity contribution in [2.24, 2.45) is 0 Å². The molecule has 0 aliphatic carbocycles. The van der Waals surface area contributed by atoms with Gasteiger partial charge >= 0.3 is 0 Å². The fraction of sp³-hybridized carbons (Fsp3) is 0.0476. The Labute approximate surface area is 165 Å². The summed E-state index contributed by atoms with van der Waals surface area (Å²) in [6.07, 6.45) is 0. The highest BCUT2D eigenvalue weighted by Crippen LogP contribution is 2.30. The Morgan fingerprint density at radius 1 is 0.962 bits per heavy atom. The molecule has 1 N–H and O–H groups in total. The first-order valence-electron chi connectivity index (χ1n) is 8.24. The molecule has 2 aromatic heterocycles. The number of carbonyl (C=O) groups is 1. The number of aromatic nitrogens is 2. The lowest BCUT2D eigenvalue weighted by Gasteiger charge is -2.10. The highest BCUT2D eigenvalue weighted by Gasteiger charge is 2.18. The minimum absolute atomic E-state index is 0.149. The van der Waals surface area contributed by atoms with E-state index in [2.05, 4.69) is 27.9 Å². The number of pyridine rings is 1. The summed E-state index contributed by atoms with van der Waals surface area (Å²) in [7, 11) is 0. The van der Waals surface area contributed by atoms with Gasteiger partial charge in [-0.15, -0.1) is 0 Å². The number of nitrogens with one attached hydrogen (secondary N) is 1. The van der Waals surface area contributed by atoms with Crippen LogP contribution in [0.3, 0.4) is 0 Å². The maximum atomic E-state index is 12.8. The second-order valence-corrected chi connectivity index (χ2v) is 7.24. The van der Waals surface area contributed by atoms with Gasteiger partial charge in [-0.3, -0.25) is 9.20 Å². The average molecular weight is 453 g/mol. The van der Waals surface area contributed by atoms with E-state index in [1.165, 1.54) is 0 Å². The van der Waals surface area contributed by atoms with Gasteiger partial charge in [0.1, 0.15) is 17.2 Å². The molecule has 0 radical (unpaired) electrons. The first-order valence-corrected chi connectivity index (χ1v) is 9.32. The van der Waals surface area contributed by atoms with Crippen LogP contribution in [0.25, 0.3) is 16.9 Å². The first kappa shape index (κ1) is 16.8. The molecule has 4 rings (SSSR count). The first-order chi connectivity index (χ1) is 12.6. The number of hydrogen-bond donors (Lipinski definition) is 1. The fourth-order valence-corrected chi connectivity index (χ4v) is 3.31. The van der Waals surface area contributed by atoms with Crippen LogP contribution in [0.1, 0.15) is 16.1 Å². The zero-order chi connectivity index (χ0) is 18.1. The van der Waals surface area contributed by atoms with Crippen LogP contribution in [0.15, 0.2) is 72.8 Å². The summed E-state index contributed by atoms with van der Waals surface area (Å²) in [6.45, 7) is 2.00. The number of carbonyl (C=O) groups excluding carboxylic acids is 1. The maximum Gasteiger partial charge on any atom is 0.256 e. The van der Waals surface area contributed by atoms with Crippen molar-refractivity contribution >= 4 is 40.0 Å². The summed E-state index contributed by atoms with van der Waals surface area (Å²) in [5.41, 5.74) is 4.16. The standard InChI is InChI=1S/C21H16IN3O/c1-14-6-5-9-18-23-19(15-7-3-2-4-8-15)20(25(14)18)24-21(26)16-10-12-17(22)13-11-16/h2-13H,1H3,(H,24,26). The Hall–Kier alpha value is -2.67.